The van der Waals surface area contributed by atoms with Crippen molar-refractivity contribution in [2.24, 2.45) is 7.05 Å². The van der Waals surface area contributed by atoms with Crippen LogP contribution in [0.4, 0.5) is 16.2 Å². The summed E-state index contributed by atoms with van der Waals surface area (Å²) in [4.78, 5) is 14.8. The minimum atomic E-state index is -0.194. The number of urea groups is 1. The number of hydrogen-bond donors (Lipinski definition) is 2. The van der Waals surface area contributed by atoms with Crippen molar-refractivity contribution in [1.29, 1.82) is 0 Å². The summed E-state index contributed by atoms with van der Waals surface area (Å²) < 4.78 is 1.82. The largest absolute Gasteiger partial charge is 0.370 e. The number of carbonyl (C=O) groups excluding carboxylic acids is 1. The second-order valence-corrected chi connectivity index (χ2v) is 6.69. The van der Waals surface area contributed by atoms with Crippen LogP contribution < -0.4 is 15.5 Å². The van der Waals surface area contributed by atoms with Crippen LogP contribution >= 0.6 is 0 Å². The third-order valence-corrected chi connectivity index (χ3v) is 4.94. The number of hydrogen-bond acceptors (Lipinski definition) is 3. The highest BCUT2D eigenvalue weighted by Gasteiger charge is 2.18. The van der Waals surface area contributed by atoms with Gasteiger partial charge < -0.3 is 15.5 Å². The summed E-state index contributed by atoms with van der Waals surface area (Å²) in [5, 5.41) is 10.3. The molecule has 0 bridgehead atoms. The lowest BCUT2D eigenvalue weighted by molar-refractivity contribution is 0.249. The summed E-state index contributed by atoms with van der Waals surface area (Å²) >= 11 is 0. The maximum absolute atomic E-state index is 12.5. The third-order valence-electron chi connectivity index (χ3n) is 4.94. The highest BCUT2D eigenvalue weighted by molar-refractivity contribution is 5.93. The maximum atomic E-state index is 12.5. The number of amides is 2. The van der Waals surface area contributed by atoms with Crippen molar-refractivity contribution in [2.75, 3.05) is 23.3 Å². The first-order valence-corrected chi connectivity index (χ1v) is 8.96. The summed E-state index contributed by atoms with van der Waals surface area (Å²) in [6.07, 6.45) is 5.51. The van der Waals surface area contributed by atoms with Crippen LogP contribution in [0.3, 0.4) is 0 Å². The molecule has 1 atom stereocenters. The molecule has 1 fully saturated rings. The standard InChI is InChI=1S/C19H27N5O/c1-14(16-13-20-23(3)15(16)2)21-19(25)22-17-9-5-6-10-18(17)24-11-7-4-8-12-24/h5-6,9-10,13-14H,4,7-8,11-12H2,1-3H3,(H2,21,22,25)/t14-/m1/s1. The van der Waals surface area contributed by atoms with Crippen LogP contribution in [0.15, 0.2) is 30.5 Å². The lowest BCUT2D eigenvalue weighted by Gasteiger charge is -2.30. The highest BCUT2D eigenvalue weighted by Crippen LogP contribution is 2.28. The zero-order valence-corrected chi connectivity index (χ0v) is 15.2. The van der Waals surface area contributed by atoms with Crippen LogP contribution in [-0.4, -0.2) is 28.9 Å². The minimum absolute atomic E-state index is 0.101. The van der Waals surface area contributed by atoms with E-state index in [1.54, 1.807) is 0 Å². The topological polar surface area (TPSA) is 62.2 Å². The van der Waals surface area contributed by atoms with Crippen molar-refractivity contribution in [1.82, 2.24) is 15.1 Å². The number of piperidine rings is 1. The van der Waals surface area contributed by atoms with Crippen LogP contribution in [0.1, 0.15) is 43.5 Å². The van der Waals surface area contributed by atoms with Gasteiger partial charge in [0.1, 0.15) is 0 Å². The van der Waals surface area contributed by atoms with Crippen LogP contribution in [0.25, 0.3) is 0 Å². The van der Waals surface area contributed by atoms with Gasteiger partial charge in [-0.05, 0) is 45.2 Å². The molecular formula is C19H27N5O. The Hall–Kier alpha value is -2.50. The first-order valence-electron chi connectivity index (χ1n) is 8.96. The van der Waals surface area contributed by atoms with Gasteiger partial charge in [-0.3, -0.25) is 4.68 Å². The number of carbonyl (C=O) groups is 1. The van der Waals surface area contributed by atoms with Gasteiger partial charge in [-0.25, -0.2) is 4.79 Å². The number of anilines is 2. The summed E-state index contributed by atoms with van der Waals surface area (Å²) in [5.74, 6) is 0. The Kier molecular flexibility index (Phi) is 5.26. The average molecular weight is 341 g/mol. The first-order chi connectivity index (χ1) is 12.1. The van der Waals surface area contributed by atoms with Gasteiger partial charge in [0.15, 0.2) is 0 Å². The fourth-order valence-corrected chi connectivity index (χ4v) is 3.36. The third kappa shape index (κ3) is 3.95. The van der Waals surface area contributed by atoms with Crippen LogP contribution in [-0.2, 0) is 7.05 Å². The van der Waals surface area contributed by atoms with Gasteiger partial charge in [-0.15, -0.1) is 0 Å². The zero-order valence-electron chi connectivity index (χ0n) is 15.2. The van der Waals surface area contributed by atoms with Gasteiger partial charge in [0.2, 0.25) is 0 Å². The molecule has 25 heavy (non-hydrogen) atoms. The van der Waals surface area contributed by atoms with E-state index in [1.807, 2.05) is 50.0 Å². The van der Waals surface area contributed by atoms with Crippen molar-refractivity contribution in [3.05, 3.63) is 41.7 Å². The van der Waals surface area contributed by atoms with Crippen molar-refractivity contribution in [2.45, 2.75) is 39.2 Å². The Morgan fingerprint density at radius 1 is 1.20 bits per heavy atom. The van der Waals surface area contributed by atoms with Gasteiger partial charge in [0, 0.05) is 31.4 Å². The molecule has 1 saturated heterocycles. The Morgan fingerprint density at radius 2 is 1.92 bits per heavy atom. The highest BCUT2D eigenvalue weighted by atomic mass is 16.2. The summed E-state index contributed by atoms with van der Waals surface area (Å²) in [7, 11) is 1.90. The number of aromatic nitrogens is 2. The Labute approximate surface area is 149 Å². The summed E-state index contributed by atoms with van der Waals surface area (Å²) in [5.41, 5.74) is 4.04. The summed E-state index contributed by atoms with van der Waals surface area (Å²) in [6.45, 7) is 6.07. The van der Waals surface area contributed by atoms with Crippen LogP contribution in [0.2, 0.25) is 0 Å². The zero-order chi connectivity index (χ0) is 17.8. The predicted octanol–water partition coefficient (Wildman–Crippen LogP) is 3.60. The van der Waals surface area contributed by atoms with Crippen LogP contribution in [0, 0.1) is 6.92 Å². The van der Waals surface area contributed by atoms with Crippen LogP contribution in [0.5, 0.6) is 0 Å². The lowest BCUT2D eigenvalue weighted by Crippen LogP contribution is -2.33. The number of aryl methyl sites for hydroxylation is 1. The molecule has 1 aliphatic rings. The molecule has 3 rings (SSSR count). The Morgan fingerprint density at radius 3 is 2.60 bits per heavy atom. The molecule has 2 N–H and O–H groups in total. The van der Waals surface area contributed by atoms with E-state index in [4.69, 9.17) is 0 Å². The smallest absolute Gasteiger partial charge is 0.319 e. The molecule has 6 nitrogen and oxygen atoms in total. The lowest BCUT2D eigenvalue weighted by atomic mass is 10.1. The SMILES string of the molecule is Cc1c([C@@H](C)NC(=O)Nc2ccccc2N2CCCCC2)cnn1C. The van der Waals surface area contributed by atoms with Crippen molar-refractivity contribution < 1.29 is 4.79 Å². The predicted molar refractivity (Wildman–Crippen MR) is 101 cm³/mol. The molecule has 2 heterocycles. The number of benzene rings is 1. The second-order valence-electron chi connectivity index (χ2n) is 6.69. The molecule has 2 amide bonds. The molecule has 0 spiro atoms. The molecule has 1 aromatic carbocycles. The van der Waals surface area contributed by atoms with Crippen molar-refractivity contribution >= 4 is 17.4 Å². The minimum Gasteiger partial charge on any atom is -0.370 e. The fraction of sp³-hybridized carbons (Fsp3) is 0.474. The van der Waals surface area contributed by atoms with E-state index in [-0.39, 0.29) is 12.1 Å². The molecule has 0 aliphatic carbocycles. The molecule has 0 unspecified atom stereocenters. The number of para-hydroxylation sites is 2. The van der Waals surface area contributed by atoms with Gasteiger partial charge in [-0.1, -0.05) is 12.1 Å². The van der Waals surface area contributed by atoms with Gasteiger partial charge >= 0.3 is 6.03 Å². The van der Waals surface area contributed by atoms with Gasteiger partial charge in [0.25, 0.3) is 0 Å². The normalized spacial score (nSPS) is 15.7. The number of rotatable bonds is 4. The van der Waals surface area contributed by atoms with E-state index in [2.05, 4.69) is 26.7 Å². The van der Waals surface area contributed by atoms with Gasteiger partial charge in [-0.2, -0.15) is 5.10 Å². The Balaban J connectivity index is 1.68. The number of nitrogens with zero attached hydrogens (tertiary/aromatic N) is 3. The van der Waals surface area contributed by atoms with Gasteiger partial charge in [0.05, 0.1) is 23.6 Å². The van der Waals surface area contributed by atoms with Crippen molar-refractivity contribution in [3.8, 4) is 0 Å². The van der Waals surface area contributed by atoms with E-state index in [0.29, 0.717) is 0 Å². The molecule has 0 saturated carbocycles. The Bertz CT molecular complexity index is 733. The molecule has 1 aliphatic heterocycles. The molecule has 1 aromatic heterocycles. The first kappa shape index (κ1) is 17.3. The van der Waals surface area contributed by atoms with E-state index >= 15 is 0 Å². The molecular weight excluding hydrogens is 314 g/mol. The van der Waals surface area contributed by atoms with Crippen molar-refractivity contribution in [3.63, 3.8) is 0 Å². The molecule has 134 valence electrons. The molecule has 2 aromatic rings. The number of nitrogens with one attached hydrogen (secondary N) is 2. The second kappa shape index (κ2) is 7.59. The molecule has 0 radical (unpaired) electrons. The average Bonchev–Trinajstić information content (AvgIpc) is 2.95. The van der Waals surface area contributed by atoms with E-state index in [9.17, 15) is 4.79 Å². The molecule has 6 heteroatoms. The quantitative estimate of drug-likeness (QED) is 0.893. The van der Waals surface area contributed by atoms with E-state index in [1.165, 1.54) is 19.3 Å². The monoisotopic (exact) mass is 341 g/mol. The fourth-order valence-electron chi connectivity index (χ4n) is 3.36. The maximum Gasteiger partial charge on any atom is 0.319 e. The van der Waals surface area contributed by atoms with E-state index < -0.39 is 0 Å². The van der Waals surface area contributed by atoms with E-state index in [0.717, 1.165) is 35.7 Å². The summed E-state index contributed by atoms with van der Waals surface area (Å²) in [6, 6.07) is 7.72.